The van der Waals surface area contributed by atoms with Gasteiger partial charge in [-0.25, -0.2) is 17.2 Å². The molecular weight excluding hydrogens is 404 g/mol. The molecule has 0 aromatic heterocycles. The van der Waals surface area contributed by atoms with Gasteiger partial charge in [0.2, 0.25) is 10.0 Å². The van der Waals surface area contributed by atoms with Crippen molar-refractivity contribution in [1.29, 1.82) is 0 Å². The second-order valence-corrected chi connectivity index (χ2v) is 9.51. The summed E-state index contributed by atoms with van der Waals surface area (Å²) in [5, 5.41) is 0. The zero-order valence-corrected chi connectivity index (χ0v) is 17.2. The lowest BCUT2D eigenvalue weighted by Crippen LogP contribution is -2.54. The lowest BCUT2D eigenvalue weighted by molar-refractivity contribution is -0.0489. The number of sulfonamides is 1. The fraction of sp³-hybridized carbons (Fsp3) is 0.250. The highest BCUT2D eigenvalue weighted by Crippen LogP contribution is 2.51. The van der Waals surface area contributed by atoms with Gasteiger partial charge in [-0.2, -0.15) is 4.31 Å². The highest BCUT2D eigenvalue weighted by Gasteiger charge is 2.57. The van der Waals surface area contributed by atoms with Crippen molar-refractivity contribution < 1.29 is 17.2 Å². The summed E-state index contributed by atoms with van der Waals surface area (Å²) in [7, 11) is -3.74. The standard InChI is InChI=1S/C24H23F2NO2S/c25-23(16-18-27(19-17-23)30(28,29)22-14-8-3-9-15-22)24(26,20-10-4-1-5-11-20)21-12-6-2-7-13-21/h1-15H,16-19H2. The van der Waals surface area contributed by atoms with Crippen LogP contribution in [0.5, 0.6) is 0 Å². The highest BCUT2D eigenvalue weighted by molar-refractivity contribution is 7.89. The number of nitrogens with zero attached hydrogens (tertiary/aromatic N) is 1. The molecule has 4 rings (SSSR count). The molecule has 3 aromatic rings. The fourth-order valence-electron chi connectivity index (χ4n) is 4.19. The van der Waals surface area contributed by atoms with E-state index in [2.05, 4.69) is 0 Å². The summed E-state index contributed by atoms with van der Waals surface area (Å²) in [6, 6.07) is 24.7. The molecule has 1 fully saturated rings. The van der Waals surface area contributed by atoms with Crippen molar-refractivity contribution in [3.8, 4) is 0 Å². The second kappa shape index (κ2) is 7.93. The number of benzene rings is 3. The largest absolute Gasteiger partial charge is 0.243 e. The molecule has 6 heteroatoms. The number of alkyl halides is 2. The average Bonchev–Trinajstić information content (AvgIpc) is 2.80. The Hall–Kier alpha value is -2.57. The van der Waals surface area contributed by atoms with Gasteiger partial charge in [-0.15, -0.1) is 0 Å². The summed E-state index contributed by atoms with van der Waals surface area (Å²) in [5.41, 5.74) is -4.15. The van der Waals surface area contributed by atoms with Crippen LogP contribution in [0.2, 0.25) is 0 Å². The first-order valence-electron chi connectivity index (χ1n) is 9.92. The van der Waals surface area contributed by atoms with E-state index < -0.39 is 21.4 Å². The first-order chi connectivity index (χ1) is 14.4. The number of piperidine rings is 1. The molecule has 0 spiro atoms. The average molecular weight is 428 g/mol. The number of halogens is 2. The van der Waals surface area contributed by atoms with Gasteiger partial charge in [0.15, 0.2) is 11.3 Å². The molecule has 30 heavy (non-hydrogen) atoms. The first kappa shape index (κ1) is 20.7. The van der Waals surface area contributed by atoms with Gasteiger partial charge in [-0.05, 0) is 36.1 Å². The molecule has 1 aliphatic heterocycles. The molecule has 3 nitrogen and oxygen atoms in total. The van der Waals surface area contributed by atoms with Gasteiger partial charge in [0, 0.05) is 13.1 Å². The Labute approximate surface area is 176 Å². The van der Waals surface area contributed by atoms with Crippen molar-refractivity contribution in [1.82, 2.24) is 4.31 Å². The van der Waals surface area contributed by atoms with E-state index in [9.17, 15) is 8.42 Å². The zero-order valence-electron chi connectivity index (χ0n) is 16.4. The van der Waals surface area contributed by atoms with Gasteiger partial charge >= 0.3 is 0 Å². The predicted molar refractivity (Wildman–Crippen MR) is 113 cm³/mol. The summed E-state index contributed by atoms with van der Waals surface area (Å²) in [6.07, 6.45) is -0.474. The van der Waals surface area contributed by atoms with Crippen LogP contribution >= 0.6 is 0 Å². The Bertz CT molecular complexity index is 1040. The van der Waals surface area contributed by atoms with Gasteiger partial charge in [-0.3, -0.25) is 0 Å². The lowest BCUT2D eigenvalue weighted by Gasteiger charge is -2.44. The maximum absolute atomic E-state index is 16.7. The molecule has 1 heterocycles. The minimum Gasteiger partial charge on any atom is -0.239 e. The Morgan fingerprint density at radius 3 is 1.57 bits per heavy atom. The van der Waals surface area contributed by atoms with E-state index in [0.717, 1.165) is 0 Å². The highest BCUT2D eigenvalue weighted by atomic mass is 32.2. The Kier molecular flexibility index (Phi) is 5.47. The molecule has 0 aliphatic carbocycles. The molecule has 0 amide bonds. The molecule has 1 aliphatic rings. The van der Waals surface area contributed by atoms with E-state index in [0.29, 0.717) is 0 Å². The van der Waals surface area contributed by atoms with Crippen LogP contribution in [0.1, 0.15) is 24.0 Å². The van der Waals surface area contributed by atoms with Crippen molar-refractivity contribution >= 4 is 10.0 Å². The smallest absolute Gasteiger partial charge is 0.239 e. The van der Waals surface area contributed by atoms with Crippen LogP contribution < -0.4 is 0 Å². The van der Waals surface area contributed by atoms with Crippen molar-refractivity contribution in [3.05, 3.63) is 102 Å². The van der Waals surface area contributed by atoms with E-state index >= 15 is 8.78 Å². The number of hydrogen-bond acceptors (Lipinski definition) is 2. The van der Waals surface area contributed by atoms with Crippen LogP contribution in [0.4, 0.5) is 8.78 Å². The Morgan fingerprint density at radius 2 is 1.13 bits per heavy atom. The molecule has 0 unspecified atom stereocenters. The molecule has 3 aromatic carbocycles. The van der Waals surface area contributed by atoms with Crippen molar-refractivity contribution in [2.24, 2.45) is 0 Å². The van der Waals surface area contributed by atoms with Crippen molar-refractivity contribution in [3.63, 3.8) is 0 Å². The minimum absolute atomic E-state index is 0.0843. The van der Waals surface area contributed by atoms with E-state index in [1.54, 1.807) is 78.9 Å². The predicted octanol–water partition coefficient (Wildman–Crippen LogP) is 5.09. The maximum Gasteiger partial charge on any atom is 0.243 e. The lowest BCUT2D eigenvalue weighted by atomic mass is 9.71. The maximum atomic E-state index is 16.7. The van der Waals surface area contributed by atoms with E-state index in [4.69, 9.17) is 0 Å². The van der Waals surface area contributed by atoms with Gasteiger partial charge in [0.25, 0.3) is 0 Å². The Balaban J connectivity index is 1.68. The molecule has 156 valence electrons. The topological polar surface area (TPSA) is 37.4 Å². The summed E-state index contributed by atoms with van der Waals surface area (Å²) < 4.78 is 60.1. The Morgan fingerprint density at radius 1 is 0.733 bits per heavy atom. The number of hydrogen-bond donors (Lipinski definition) is 0. The third-order valence-electron chi connectivity index (χ3n) is 5.86. The van der Waals surface area contributed by atoms with E-state index in [1.165, 1.54) is 16.4 Å². The summed E-state index contributed by atoms with van der Waals surface area (Å²) >= 11 is 0. The normalized spacial score (nSPS) is 17.5. The van der Waals surface area contributed by atoms with Crippen molar-refractivity contribution in [2.75, 3.05) is 13.1 Å². The van der Waals surface area contributed by atoms with Gasteiger partial charge in [0.1, 0.15) is 0 Å². The van der Waals surface area contributed by atoms with Crippen LogP contribution in [-0.2, 0) is 15.7 Å². The number of rotatable bonds is 5. The van der Waals surface area contributed by atoms with E-state index in [1.807, 2.05) is 0 Å². The van der Waals surface area contributed by atoms with Crippen LogP contribution in [0, 0.1) is 0 Å². The van der Waals surface area contributed by atoms with Crippen LogP contribution in [0.3, 0.4) is 0 Å². The second-order valence-electron chi connectivity index (χ2n) is 7.57. The summed E-state index contributed by atoms with van der Waals surface area (Å²) in [4.78, 5) is 0.161. The fourth-order valence-corrected chi connectivity index (χ4v) is 5.65. The monoisotopic (exact) mass is 427 g/mol. The quantitative estimate of drug-likeness (QED) is 0.569. The first-order valence-corrected chi connectivity index (χ1v) is 11.4. The third-order valence-corrected chi connectivity index (χ3v) is 7.77. The van der Waals surface area contributed by atoms with Crippen molar-refractivity contribution in [2.45, 2.75) is 29.1 Å². The molecule has 0 saturated carbocycles. The molecule has 0 N–H and O–H groups in total. The van der Waals surface area contributed by atoms with Gasteiger partial charge in [0.05, 0.1) is 4.90 Å². The van der Waals surface area contributed by atoms with Crippen LogP contribution in [0.25, 0.3) is 0 Å². The summed E-state index contributed by atoms with van der Waals surface area (Å²) in [5.74, 6) is 0. The SMILES string of the molecule is O=S(=O)(c1ccccc1)N1CCC(F)(C(F)(c2ccccc2)c2ccccc2)CC1. The van der Waals surface area contributed by atoms with E-state index in [-0.39, 0.29) is 42.0 Å². The third kappa shape index (κ3) is 3.44. The van der Waals surface area contributed by atoms with Gasteiger partial charge in [-0.1, -0.05) is 78.9 Å². The summed E-state index contributed by atoms with van der Waals surface area (Å²) in [6.45, 7) is -0.169. The molecule has 0 atom stereocenters. The molecule has 0 bridgehead atoms. The minimum atomic E-state index is -3.74. The zero-order chi connectivity index (χ0) is 21.2. The molecule has 1 saturated heterocycles. The van der Waals surface area contributed by atoms with Crippen LogP contribution in [0.15, 0.2) is 95.9 Å². The molecule has 0 radical (unpaired) electrons. The molecular formula is C24H23F2NO2S. The van der Waals surface area contributed by atoms with Gasteiger partial charge < -0.3 is 0 Å². The van der Waals surface area contributed by atoms with Crippen LogP contribution in [-0.4, -0.2) is 31.5 Å².